The van der Waals surface area contributed by atoms with E-state index in [-0.39, 0.29) is 12.0 Å². The Kier molecular flexibility index (Phi) is 6.59. The van der Waals surface area contributed by atoms with Gasteiger partial charge in [0.25, 0.3) is 10.2 Å². The predicted octanol–water partition coefficient (Wildman–Crippen LogP) is 2.50. The first-order valence-corrected chi connectivity index (χ1v) is 9.82. The van der Waals surface area contributed by atoms with E-state index in [2.05, 4.69) is 23.8 Å². The highest BCUT2D eigenvalue weighted by Gasteiger charge is 2.29. The molecule has 1 aliphatic heterocycles. The van der Waals surface area contributed by atoms with Crippen molar-refractivity contribution in [2.45, 2.75) is 39.7 Å². The van der Waals surface area contributed by atoms with Crippen molar-refractivity contribution < 1.29 is 13.2 Å². The van der Waals surface area contributed by atoms with Gasteiger partial charge in [0.15, 0.2) is 0 Å². The van der Waals surface area contributed by atoms with Crippen molar-refractivity contribution in [3.05, 3.63) is 35.4 Å². The maximum Gasteiger partial charge on any atom is 0.280 e. The van der Waals surface area contributed by atoms with Gasteiger partial charge in [-0.2, -0.15) is 17.4 Å². The largest absolute Gasteiger partial charge is 0.379 e. The zero-order valence-electron chi connectivity index (χ0n) is 14.3. The molecule has 23 heavy (non-hydrogen) atoms. The van der Waals surface area contributed by atoms with Gasteiger partial charge < -0.3 is 4.74 Å². The summed E-state index contributed by atoms with van der Waals surface area (Å²) >= 11 is 0. The standard InChI is InChI=1S/C17H28N2O3S/c1-4-5-15-6-8-16(9-7-15)17(14(2)3)18-23(20,21)19-10-12-22-13-11-19/h6-9,14,17-18H,4-5,10-13H2,1-3H3. The summed E-state index contributed by atoms with van der Waals surface area (Å²) < 4.78 is 34.8. The fourth-order valence-corrected chi connectivity index (χ4v) is 4.30. The van der Waals surface area contributed by atoms with Gasteiger partial charge in [-0.15, -0.1) is 0 Å². The molecule has 1 saturated heterocycles. The molecular formula is C17H28N2O3S. The third-order valence-corrected chi connectivity index (χ3v) is 5.73. The number of nitrogens with one attached hydrogen (secondary N) is 1. The van der Waals surface area contributed by atoms with E-state index < -0.39 is 10.2 Å². The number of rotatable bonds is 7. The molecule has 1 fully saturated rings. The molecule has 1 atom stereocenters. The van der Waals surface area contributed by atoms with E-state index in [1.165, 1.54) is 9.87 Å². The van der Waals surface area contributed by atoms with Crippen LogP contribution in [0.4, 0.5) is 0 Å². The Hall–Kier alpha value is -0.950. The van der Waals surface area contributed by atoms with Gasteiger partial charge in [-0.05, 0) is 23.5 Å². The zero-order valence-corrected chi connectivity index (χ0v) is 15.1. The predicted molar refractivity (Wildman–Crippen MR) is 92.5 cm³/mol. The van der Waals surface area contributed by atoms with Crippen LogP contribution in [-0.4, -0.2) is 39.0 Å². The van der Waals surface area contributed by atoms with Gasteiger partial charge >= 0.3 is 0 Å². The average Bonchev–Trinajstić information content (AvgIpc) is 2.54. The fraction of sp³-hybridized carbons (Fsp3) is 0.647. The minimum absolute atomic E-state index is 0.169. The van der Waals surface area contributed by atoms with Crippen LogP contribution in [0.2, 0.25) is 0 Å². The first kappa shape index (κ1) is 18.4. The smallest absolute Gasteiger partial charge is 0.280 e. The fourth-order valence-electron chi connectivity index (χ4n) is 2.79. The van der Waals surface area contributed by atoms with Crippen molar-refractivity contribution in [3.63, 3.8) is 0 Å². The lowest BCUT2D eigenvalue weighted by molar-refractivity contribution is 0.0722. The van der Waals surface area contributed by atoms with Crippen molar-refractivity contribution >= 4 is 10.2 Å². The molecule has 5 nitrogen and oxygen atoms in total. The van der Waals surface area contributed by atoms with Gasteiger partial charge in [0.05, 0.1) is 19.3 Å². The minimum atomic E-state index is -3.49. The molecule has 0 bridgehead atoms. The zero-order chi connectivity index (χ0) is 16.9. The molecule has 1 aromatic rings. The maximum absolute atomic E-state index is 12.6. The van der Waals surface area contributed by atoms with Crippen molar-refractivity contribution in [1.82, 2.24) is 9.03 Å². The summed E-state index contributed by atoms with van der Waals surface area (Å²) in [6, 6.07) is 8.04. The van der Waals surface area contributed by atoms with Gasteiger partial charge in [-0.25, -0.2) is 0 Å². The molecule has 130 valence electrons. The molecule has 0 amide bonds. The van der Waals surface area contributed by atoms with Crippen LogP contribution in [0, 0.1) is 5.92 Å². The molecule has 1 heterocycles. The van der Waals surface area contributed by atoms with E-state index in [0.717, 1.165) is 18.4 Å². The van der Waals surface area contributed by atoms with E-state index in [1.807, 2.05) is 26.0 Å². The number of morpholine rings is 1. The van der Waals surface area contributed by atoms with Crippen molar-refractivity contribution in [2.75, 3.05) is 26.3 Å². The second-order valence-electron chi connectivity index (χ2n) is 6.35. The van der Waals surface area contributed by atoms with Crippen LogP contribution >= 0.6 is 0 Å². The Bertz CT molecular complexity index is 578. The number of aryl methyl sites for hydroxylation is 1. The van der Waals surface area contributed by atoms with Crippen molar-refractivity contribution in [2.24, 2.45) is 5.92 Å². The number of benzene rings is 1. The highest BCUT2D eigenvalue weighted by atomic mass is 32.2. The number of hydrogen-bond donors (Lipinski definition) is 1. The molecule has 1 aromatic carbocycles. The SMILES string of the molecule is CCCc1ccc(C(NS(=O)(=O)N2CCOCC2)C(C)C)cc1. The van der Waals surface area contributed by atoms with Crippen LogP contribution in [0.1, 0.15) is 44.4 Å². The van der Waals surface area contributed by atoms with E-state index >= 15 is 0 Å². The second kappa shape index (κ2) is 8.24. The second-order valence-corrected chi connectivity index (χ2v) is 8.05. The first-order valence-electron chi connectivity index (χ1n) is 8.38. The normalized spacial score (nSPS) is 18.3. The first-order chi connectivity index (χ1) is 10.9. The van der Waals surface area contributed by atoms with Gasteiger partial charge in [0, 0.05) is 13.1 Å². The summed E-state index contributed by atoms with van der Waals surface area (Å²) in [5.41, 5.74) is 2.30. The molecule has 1 aliphatic rings. The molecule has 2 rings (SSSR count). The summed E-state index contributed by atoms with van der Waals surface area (Å²) in [5, 5.41) is 0. The van der Waals surface area contributed by atoms with E-state index in [4.69, 9.17) is 4.74 Å². The highest BCUT2D eigenvalue weighted by molar-refractivity contribution is 7.87. The summed E-state index contributed by atoms with van der Waals surface area (Å²) in [4.78, 5) is 0. The van der Waals surface area contributed by atoms with Gasteiger partial charge in [0.1, 0.15) is 0 Å². The Labute approximate surface area is 140 Å². The Morgan fingerprint density at radius 2 is 1.78 bits per heavy atom. The summed E-state index contributed by atoms with van der Waals surface area (Å²) in [6.45, 7) is 7.96. The summed E-state index contributed by atoms with van der Waals surface area (Å²) in [6.07, 6.45) is 2.16. The lowest BCUT2D eigenvalue weighted by atomic mass is 9.95. The van der Waals surface area contributed by atoms with Crippen molar-refractivity contribution in [1.29, 1.82) is 0 Å². The molecule has 0 aromatic heterocycles. The molecule has 0 radical (unpaired) electrons. The monoisotopic (exact) mass is 340 g/mol. The average molecular weight is 340 g/mol. The molecule has 1 unspecified atom stereocenters. The maximum atomic E-state index is 12.6. The topological polar surface area (TPSA) is 58.6 Å². The van der Waals surface area contributed by atoms with Gasteiger partial charge in [-0.3, -0.25) is 0 Å². The molecule has 0 spiro atoms. The lowest BCUT2D eigenvalue weighted by Gasteiger charge is -2.30. The Balaban J connectivity index is 2.14. The summed E-state index contributed by atoms with van der Waals surface area (Å²) in [5.74, 6) is 0.169. The Morgan fingerprint density at radius 1 is 1.17 bits per heavy atom. The Morgan fingerprint density at radius 3 is 2.30 bits per heavy atom. The lowest BCUT2D eigenvalue weighted by Crippen LogP contribution is -2.48. The van der Waals surface area contributed by atoms with Crippen LogP contribution in [0.3, 0.4) is 0 Å². The van der Waals surface area contributed by atoms with E-state index in [9.17, 15) is 8.42 Å². The number of hydrogen-bond acceptors (Lipinski definition) is 3. The molecule has 1 N–H and O–H groups in total. The minimum Gasteiger partial charge on any atom is -0.379 e. The van der Waals surface area contributed by atoms with E-state index in [1.54, 1.807) is 0 Å². The quantitative estimate of drug-likeness (QED) is 0.830. The van der Waals surface area contributed by atoms with Crippen LogP contribution in [0.5, 0.6) is 0 Å². The van der Waals surface area contributed by atoms with Crippen molar-refractivity contribution in [3.8, 4) is 0 Å². The molecule has 0 saturated carbocycles. The van der Waals surface area contributed by atoms with Crippen LogP contribution in [0.15, 0.2) is 24.3 Å². The molecule has 6 heteroatoms. The van der Waals surface area contributed by atoms with Gasteiger partial charge in [-0.1, -0.05) is 51.5 Å². The van der Waals surface area contributed by atoms with Crippen LogP contribution in [0.25, 0.3) is 0 Å². The number of nitrogens with zero attached hydrogens (tertiary/aromatic N) is 1. The van der Waals surface area contributed by atoms with E-state index in [0.29, 0.717) is 26.3 Å². The third-order valence-electron chi connectivity index (χ3n) is 4.13. The number of ether oxygens (including phenoxy) is 1. The third kappa shape index (κ3) is 5.01. The summed E-state index contributed by atoms with van der Waals surface area (Å²) in [7, 11) is -3.49. The van der Waals surface area contributed by atoms with Crippen LogP contribution in [-0.2, 0) is 21.4 Å². The highest BCUT2D eigenvalue weighted by Crippen LogP contribution is 2.24. The molecule has 0 aliphatic carbocycles. The van der Waals surface area contributed by atoms with Gasteiger partial charge in [0.2, 0.25) is 0 Å². The molecular weight excluding hydrogens is 312 g/mol. The van der Waals surface area contributed by atoms with Crippen LogP contribution < -0.4 is 4.72 Å².